The van der Waals surface area contributed by atoms with Gasteiger partial charge in [-0.1, -0.05) is 11.6 Å². The van der Waals surface area contributed by atoms with E-state index in [1.807, 2.05) is 24.0 Å². The number of piperidine rings is 1. The summed E-state index contributed by atoms with van der Waals surface area (Å²) in [6.07, 6.45) is 3.22. The molecule has 1 aliphatic rings. The van der Waals surface area contributed by atoms with Crippen molar-refractivity contribution in [3.8, 4) is 0 Å². The summed E-state index contributed by atoms with van der Waals surface area (Å²) in [5.41, 5.74) is 1.71. The topological polar surface area (TPSA) is 20.3 Å². The molecule has 2 nitrogen and oxygen atoms in total. The minimum atomic E-state index is 0.0878. The third-order valence-corrected chi connectivity index (χ3v) is 4.05. The first-order valence-corrected chi connectivity index (χ1v) is 7.64. The molecule has 1 saturated heterocycles. The number of hydrogen-bond donors (Lipinski definition) is 0. The highest BCUT2D eigenvalue weighted by molar-refractivity contribution is 6.31. The van der Waals surface area contributed by atoms with Crippen molar-refractivity contribution in [2.45, 2.75) is 26.2 Å². The molecule has 0 spiro atoms. The highest BCUT2D eigenvalue weighted by Crippen LogP contribution is 2.23. The van der Waals surface area contributed by atoms with Crippen LogP contribution in [0, 0.1) is 12.8 Å². The molecule has 0 aliphatic carbocycles. The van der Waals surface area contributed by atoms with Crippen LogP contribution in [0.2, 0.25) is 5.02 Å². The molecule has 1 heterocycles. The normalized spacial score (nSPS) is 19.5. The van der Waals surface area contributed by atoms with E-state index in [1.165, 1.54) is 6.42 Å². The number of likely N-dealkylation sites (tertiary alicyclic amines) is 1. The molecule has 104 valence electrons. The second-order valence-electron chi connectivity index (χ2n) is 5.25. The monoisotopic (exact) mass is 299 g/mol. The predicted molar refractivity (Wildman–Crippen MR) is 80.2 cm³/mol. The van der Waals surface area contributed by atoms with Gasteiger partial charge in [0, 0.05) is 29.6 Å². The number of benzene rings is 1. The van der Waals surface area contributed by atoms with Gasteiger partial charge in [-0.25, -0.2) is 0 Å². The van der Waals surface area contributed by atoms with E-state index in [-0.39, 0.29) is 5.91 Å². The number of amides is 1. The zero-order chi connectivity index (χ0) is 13.8. The number of carbonyl (C=O) groups is 1. The van der Waals surface area contributed by atoms with Gasteiger partial charge in [-0.15, -0.1) is 11.6 Å². The molecule has 0 radical (unpaired) electrons. The van der Waals surface area contributed by atoms with Crippen LogP contribution in [0.15, 0.2) is 18.2 Å². The van der Waals surface area contributed by atoms with E-state index in [0.717, 1.165) is 31.5 Å². The first kappa shape index (κ1) is 14.7. The molecule has 0 aromatic heterocycles. The van der Waals surface area contributed by atoms with Crippen molar-refractivity contribution in [2.24, 2.45) is 5.92 Å². The van der Waals surface area contributed by atoms with E-state index >= 15 is 0 Å². The zero-order valence-electron chi connectivity index (χ0n) is 11.2. The Bertz CT molecular complexity index is 439. The molecule has 1 aliphatic heterocycles. The van der Waals surface area contributed by atoms with E-state index in [1.54, 1.807) is 6.07 Å². The van der Waals surface area contributed by atoms with Crippen LogP contribution in [0.5, 0.6) is 0 Å². The Labute approximate surface area is 124 Å². The van der Waals surface area contributed by atoms with Gasteiger partial charge >= 0.3 is 0 Å². The molecule has 0 bridgehead atoms. The zero-order valence-corrected chi connectivity index (χ0v) is 12.7. The van der Waals surface area contributed by atoms with Crippen LogP contribution >= 0.6 is 23.2 Å². The summed E-state index contributed by atoms with van der Waals surface area (Å²) in [7, 11) is 0. The summed E-state index contributed by atoms with van der Waals surface area (Å²) in [4.78, 5) is 14.4. The lowest BCUT2D eigenvalue weighted by Gasteiger charge is -2.32. The Morgan fingerprint density at radius 2 is 2.21 bits per heavy atom. The summed E-state index contributed by atoms with van der Waals surface area (Å²) in [6.45, 7) is 3.61. The number of rotatable bonds is 3. The molecule has 2 rings (SSSR count). The van der Waals surface area contributed by atoms with Gasteiger partial charge in [-0.05, 0) is 55.9 Å². The van der Waals surface area contributed by atoms with E-state index in [0.29, 0.717) is 22.4 Å². The Morgan fingerprint density at radius 1 is 1.42 bits per heavy atom. The molecule has 1 aromatic carbocycles. The molecular weight excluding hydrogens is 281 g/mol. The first-order chi connectivity index (χ1) is 9.10. The predicted octanol–water partition coefficient (Wildman–Crippen LogP) is 4.13. The maximum atomic E-state index is 12.5. The second-order valence-corrected chi connectivity index (χ2v) is 6.07. The van der Waals surface area contributed by atoms with Gasteiger partial charge in [0.2, 0.25) is 0 Å². The van der Waals surface area contributed by atoms with E-state index in [9.17, 15) is 4.79 Å². The molecule has 1 amide bonds. The highest BCUT2D eigenvalue weighted by atomic mass is 35.5. The fourth-order valence-electron chi connectivity index (χ4n) is 2.68. The Morgan fingerprint density at radius 3 is 2.89 bits per heavy atom. The second kappa shape index (κ2) is 6.62. The fraction of sp³-hybridized carbons (Fsp3) is 0.533. The molecule has 4 heteroatoms. The number of alkyl halides is 1. The van der Waals surface area contributed by atoms with Crippen LogP contribution in [0.25, 0.3) is 0 Å². The number of hydrogen-bond acceptors (Lipinski definition) is 1. The Balaban J connectivity index is 2.10. The van der Waals surface area contributed by atoms with Crippen molar-refractivity contribution < 1.29 is 4.79 Å². The van der Waals surface area contributed by atoms with Gasteiger partial charge in [0.25, 0.3) is 5.91 Å². The van der Waals surface area contributed by atoms with Crippen LogP contribution < -0.4 is 0 Å². The van der Waals surface area contributed by atoms with Gasteiger partial charge in [0.05, 0.1) is 0 Å². The average molecular weight is 300 g/mol. The quantitative estimate of drug-likeness (QED) is 0.769. The van der Waals surface area contributed by atoms with Gasteiger partial charge < -0.3 is 4.90 Å². The third-order valence-electron chi connectivity index (χ3n) is 3.61. The minimum Gasteiger partial charge on any atom is -0.338 e. The minimum absolute atomic E-state index is 0.0878. The molecular formula is C15H19Cl2NO. The van der Waals surface area contributed by atoms with Gasteiger partial charge in [-0.3, -0.25) is 4.79 Å². The lowest BCUT2D eigenvalue weighted by atomic mass is 9.95. The number of nitrogens with zero attached hydrogens (tertiary/aromatic N) is 1. The van der Waals surface area contributed by atoms with Crippen molar-refractivity contribution in [1.29, 1.82) is 0 Å². The van der Waals surface area contributed by atoms with Crippen LogP contribution in [0.3, 0.4) is 0 Å². The SMILES string of the molecule is Cc1cc(Cl)cc(C(=O)N2CCCC(CCCl)C2)c1. The standard InChI is InChI=1S/C15H19Cl2NO/c1-11-7-13(9-14(17)8-11)15(19)18-6-2-3-12(10-18)4-5-16/h7-9,12H,2-6,10H2,1H3. The highest BCUT2D eigenvalue weighted by Gasteiger charge is 2.24. The number of aryl methyl sites for hydroxylation is 1. The molecule has 0 saturated carbocycles. The summed E-state index contributed by atoms with van der Waals surface area (Å²) in [5.74, 6) is 1.29. The van der Waals surface area contributed by atoms with Crippen molar-refractivity contribution >= 4 is 29.1 Å². The molecule has 19 heavy (non-hydrogen) atoms. The fourth-order valence-corrected chi connectivity index (χ4v) is 3.28. The smallest absolute Gasteiger partial charge is 0.253 e. The van der Waals surface area contributed by atoms with E-state index in [2.05, 4.69) is 0 Å². The lowest BCUT2D eigenvalue weighted by Crippen LogP contribution is -2.40. The molecule has 1 atom stereocenters. The largest absolute Gasteiger partial charge is 0.338 e. The first-order valence-electron chi connectivity index (χ1n) is 6.72. The van der Waals surface area contributed by atoms with Gasteiger partial charge in [-0.2, -0.15) is 0 Å². The average Bonchev–Trinajstić information content (AvgIpc) is 2.37. The third kappa shape index (κ3) is 3.87. The van der Waals surface area contributed by atoms with E-state index < -0.39 is 0 Å². The van der Waals surface area contributed by atoms with Gasteiger partial charge in [0.15, 0.2) is 0 Å². The van der Waals surface area contributed by atoms with Crippen molar-refractivity contribution in [3.05, 3.63) is 34.3 Å². The van der Waals surface area contributed by atoms with Crippen LogP contribution in [-0.4, -0.2) is 29.8 Å². The van der Waals surface area contributed by atoms with Crippen LogP contribution in [0.4, 0.5) is 0 Å². The number of carbonyl (C=O) groups excluding carboxylic acids is 1. The Hall–Kier alpha value is -0.730. The molecule has 0 N–H and O–H groups in total. The van der Waals surface area contributed by atoms with Crippen molar-refractivity contribution in [2.75, 3.05) is 19.0 Å². The van der Waals surface area contributed by atoms with E-state index in [4.69, 9.17) is 23.2 Å². The summed E-state index contributed by atoms with van der Waals surface area (Å²) >= 11 is 11.8. The Kier molecular flexibility index (Phi) is 5.12. The summed E-state index contributed by atoms with van der Waals surface area (Å²) < 4.78 is 0. The molecule has 1 unspecified atom stereocenters. The number of halogens is 2. The molecule has 1 aromatic rings. The maximum absolute atomic E-state index is 12.5. The van der Waals surface area contributed by atoms with Gasteiger partial charge in [0.1, 0.15) is 0 Å². The van der Waals surface area contributed by atoms with Crippen LogP contribution in [-0.2, 0) is 0 Å². The summed E-state index contributed by atoms with van der Waals surface area (Å²) in [6, 6.07) is 5.52. The van der Waals surface area contributed by atoms with Crippen molar-refractivity contribution in [3.63, 3.8) is 0 Å². The molecule has 1 fully saturated rings. The van der Waals surface area contributed by atoms with Crippen molar-refractivity contribution in [1.82, 2.24) is 4.90 Å². The van der Waals surface area contributed by atoms with Crippen LogP contribution in [0.1, 0.15) is 35.2 Å². The maximum Gasteiger partial charge on any atom is 0.253 e. The lowest BCUT2D eigenvalue weighted by molar-refractivity contribution is 0.0671. The summed E-state index contributed by atoms with van der Waals surface area (Å²) in [5, 5.41) is 0.623.